The molecule has 0 radical (unpaired) electrons. The van der Waals surface area contributed by atoms with Crippen LogP contribution in [0.1, 0.15) is 17.3 Å². The zero-order chi connectivity index (χ0) is 11.0. The molecule has 0 aromatic carbocycles. The van der Waals surface area contributed by atoms with Gasteiger partial charge >= 0.3 is 5.97 Å². The van der Waals surface area contributed by atoms with Crippen LogP contribution in [0.3, 0.4) is 0 Å². The Kier molecular flexibility index (Phi) is 2.22. The molecule has 1 aromatic rings. The molecule has 1 unspecified atom stereocenters. The molecule has 15 heavy (non-hydrogen) atoms. The minimum atomic E-state index is -0.975. The number of anilines is 1. The Morgan fingerprint density at radius 2 is 2.47 bits per heavy atom. The van der Waals surface area contributed by atoms with Crippen molar-refractivity contribution in [3.8, 4) is 5.88 Å². The first-order valence-electron chi connectivity index (χ1n) is 4.68. The SMILES string of the molecule is CC1COc2ncc(C(=O)O)cc2N1C. The second-order valence-corrected chi connectivity index (χ2v) is 3.62. The van der Waals surface area contributed by atoms with Crippen molar-refractivity contribution in [2.75, 3.05) is 18.6 Å². The summed E-state index contributed by atoms with van der Waals surface area (Å²) in [4.78, 5) is 16.7. The van der Waals surface area contributed by atoms with Gasteiger partial charge in [-0.1, -0.05) is 0 Å². The van der Waals surface area contributed by atoms with Gasteiger partial charge in [-0.15, -0.1) is 0 Å². The van der Waals surface area contributed by atoms with Gasteiger partial charge in [-0.2, -0.15) is 0 Å². The van der Waals surface area contributed by atoms with Crippen LogP contribution in [-0.4, -0.2) is 35.8 Å². The lowest BCUT2D eigenvalue weighted by Gasteiger charge is -2.32. The van der Waals surface area contributed by atoms with Crippen molar-refractivity contribution in [2.24, 2.45) is 0 Å². The van der Waals surface area contributed by atoms with Crippen LogP contribution >= 0.6 is 0 Å². The van der Waals surface area contributed by atoms with Crippen LogP contribution in [0.15, 0.2) is 12.3 Å². The zero-order valence-corrected chi connectivity index (χ0v) is 8.60. The predicted octanol–water partition coefficient (Wildman–Crippen LogP) is 0.997. The number of aromatic carboxylic acids is 1. The first kappa shape index (κ1) is 9.76. The van der Waals surface area contributed by atoms with E-state index in [1.165, 1.54) is 6.20 Å². The minimum Gasteiger partial charge on any atom is -0.478 e. The molecule has 2 rings (SSSR count). The number of carbonyl (C=O) groups is 1. The van der Waals surface area contributed by atoms with Gasteiger partial charge in [-0.05, 0) is 13.0 Å². The highest BCUT2D eigenvalue weighted by atomic mass is 16.5. The molecule has 1 aromatic heterocycles. The van der Waals surface area contributed by atoms with Gasteiger partial charge in [-0.25, -0.2) is 9.78 Å². The number of pyridine rings is 1. The van der Waals surface area contributed by atoms with Crippen LogP contribution in [0.25, 0.3) is 0 Å². The summed E-state index contributed by atoms with van der Waals surface area (Å²) < 4.78 is 5.40. The van der Waals surface area contributed by atoms with E-state index in [4.69, 9.17) is 9.84 Å². The smallest absolute Gasteiger partial charge is 0.337 e. The Bertz CT molecular complexity index is 406. The number of carboxylic acids is 1. The summed E-state index contributed by atoms with van der Waals surface area (Å²) in [5.41, 5.74) is 0.909. The standard InChI is InChI=1S/C10H12N2O3/c1-6-5-15-9-8(12(6)2)3-7(4-11-9)10(13)14/h3-4,6H,5H2,1-2H3,(H,13,14). The summed E-state index contributed by atoms with van der Waals surface area (Å²) in [6.45, 7) is 2.58. The zero-order valence-electron chi connectivity index (χ0n) is 8.60. The summed E-state index contributed by atoms with van der Waals surface area (Å²) >= 11 is 0. The second-order valence-electron chi connectivity index (χ2n) is 3.62. The number of ether oxygens (including phenoxy) is 1. The maximum Gasteiger partial charge on any atom is 0.337 e. The Labute approximate surface area is 87.3 Å². The van der Waals surface area contributed by atoms with Crippen molar-refractivity contribution in [1.29, 1.82) is 0 Å². The fourth-order valence-corrected chi connectivity index (χ4v) is 1.47. The molecule has 2 heterocycles. The number of fused-ring (bicyclic) bond motifs is 1. The first-order valence-corrected chi connectivity index (χ1v) is 4.68. The second kappa shape index (κ2) is 3.42. The van der Waals surface area contributed by atoms with Crippen molar-refractivity contribution in [1.82, 2.24) is 4.98 Å². The third kappa shape index (κ3) is 1.60. The molecule has 0 bridgehead atoms. The molecule has 0 saturated heterocycles. The fourth-order valence-electron chi connectivity index (χ4n) is 1.47. The lowest BCUT2D eigenvalue weighted by atomic mass is 10.2. The molecule has 1 N–H and O–H groups in total. The van der Waals surface area contributed by atoms with Gasteiger partial charge in [0, 0.05) is 13.2 Å². The van der Waals surface area contributed by atoms with Gasteiger partial charge in [-0.3, -0.25) is 0 Å². The van der Waals surface area contributed by atoms with E-state index < -0.39 is 5.97 Å². The molecule has 1 aliphatic rings. The fraction of sp³-hybridized carbons (Fsp3) is 0.400. The third-order valence-corrected chi connectivity index (χ3v) is 2.58. The average molecular weight is 208 g/mol. The van der Waals surface area contributed by atoms with Crippen molar-refractivity contribution >= 4 is 11.7 Å². The molecule has 0 aliphatic carbocycles. The summed E-state index contributed by atoms with van der Waals surface area (Å²) in [5, 5.41) is 8.84. The Hall–Kier alpha value is -1.78. The monoisotopic (exact) mass is 208 g/mol. The Balaban J connectivity index is 2.45. The van der Waals surface area contributed by atoms with E-state index in [0.717, 1.165) is 5.69 Å². The third-order valence-electron chi connectivity index (χ3n) is 2.58. The summed E-state index contributed by atoms with van der Waals surface area (Å²) in [6.07, 6.45) is 1.31. The largest absolute Gasteiger partial charge is 0.478 e. The van der Waals surface area contributed by atoms with Crippen LogP contribution in [0.4, 0.5) is 5.69 Å². The topological polar surface area (TPSA) is 62.7 Å². The molecule has 0 saturated carbocycles. The van der Waals surface area contributed by atoms with Crippen molar-refractivity contribution in [3.05, 3.63) is 17.8 Å². The molecule has 5 nitrogen and oxygen atoms in total. The van der Waals surface area contributed by atoms with Gasteiger partial charge in [0.1, 0.15) is 12.3 Å². The van der Waals surface area contributed by atoms with Crippen molar-refractivity contribution < 1.29 is 14.6 Å². The van der Waals surface area contributed by atoms with Crippen LogP contribution in [-0.2, 0) is 0 Å². The van der Waals surface area contributed by atoms with Gasteiger partial charge in [0.25, 0.3) is 0 Å². The lowest BCUT2D eigenvalue weighted by Crippen LogP contribution is -2.38. The number of hydrogen-bond donors (Lipinski definition) is 1. The summed E-state index contributed by atoms with van der Waals surface area (Å²) in [5.74, 6) is -0.475. The number of aromatic nitrogens is 1. The van der Waals surface area contributed by atoms with Crippen LogP contribution in [0.2, 0.25) is 0 Å². The van der Waals surface area contributed by atoms with Crippen LogP contribution < -0.4 is 9.64 Å². The van der Waals surface area contributed by atoms with E-state index in [9.17, 15) is 4.79 Å². The predicted molar refractivity (Wildman–Crippen MR) is 54.6 cm³/mol. The number of nitrogens with zero attached hydrogens (tertiary/aromatic N) is 2. The molecule has 0 spiro atoms. The van der Waals surface area contributed by atoms with Crippen LogP contribution in [0, 0.1) is 0 Å². The van der Waals surface area contributed by atoms with Gasteiger partial charge in [0.05, 0.1) is 11.6 Å². The maximum atomic E-state index is 10.8. The van der Waals surface area contributed by atoms with E-state index >= 15 is 0 Å². The van der Waals surface area contributed by atoms with Crippen molar-refractivity contribution in [3.63, 3.8) is 0 Å². The minimum absolute atomic E-state index is 0.179. The van der Waals surface area contributed by atoms with E-state index in [-0.39, 0.29) is 11.6 Å². The highest BCUT2D eigenvalue weighted by molar-refractivity contribution is 5.89. The molecular formula is C10H12N2O3. The summed E-state index contributed by atoms with van der Waals surface area (Å²) in [7, 11) is 1.90. The average Bonchev–Trinajstić information content (AvgIpc) is 2.23. The molecule has 0 amide bonds. The lowest BCUT2D eigenvalue weighted by molar-refractivity contribution is 0.0696. The normalized spacial score (nSPS) is 19.3. The van der Waals surface area contributed by atoms with E-state index in [1.807, 2.05) is 18.9 Å². The molecule has 0 fully saturated rings. The van der Waals surface area contributed by atoms with Gasteiger partial charge in [0.2, 0.25) is 5.88 Å². The number of hydrogen-bond acceptors (Lipinski definition) is 4. The number of likely N-dealkylation sites (N-methyl/N-ethyl adjacent to an activating group) is 1. The maximum absolute atomic E-state index is 10.8. The van der Waals surface area contributed by atoms with Crippen LogP contribution in [0.5, 0.6) is 5.88 Å². The summed E-state index contributed by atoms with van der Waals surface area (Å²) in [6, 6.07) is 1.81. The first-order chi connectivity index (χ1) is 7.09. The molecule has 5 heteroatoms. The van der Waals surface area contributed by atoms with Gasteiger partial charge in [0.15, 0.2) is 0 Å². The molecule has 80 valence electrons. The van der Waals surface area contributed by atoms with Gasteiger partial charge < -0.3 is 14.7 Å². The van der Waals surface area contributed by atoms with E-state index in [1.54, 1.807) is 6.07 Å². The Morgan fingerprint density at radius 1 is 1.73 bits per heavy atom. The quantitative estimate of drug-likeness (QED) is 0.745. The van der Waals surface area contributed by atoms with Crippen molar-refractivity contribution in [2.45, 2.75) is 13.0 Å². The Morgan fingerprint density at radius 3 is 3.13 bits per heavy atom. The highest BCUT2D eigenvalue weighted by Gasteiger charge is 2.23. The van der Waals surface area contributed by atoms with E-state index in [2.05, 4.69) is 4.98 Å². The van der Waals surface area contributed by atoms with E-state index in [0.29, 0.717) is 12.5 Å². The molecular weight excluding hydrogens is 196 g/mol. The highest BCUT2D eigenvalue weighted by Crippen LogP contribution is 2.31. The number of rotatable bonds is 1. The molecule has 1 aliphatic heterocycles. The number of carboxylic acid groups (broad SMARTS) is 1. The molecule has 1 atom stereocenters.